The molecule has 3 aliphatic heterocycles. The van der Waals surface area contributed by atoms with Crippen LogP contribution in [0.5, 0.6) is 0 Å². The van der Waals surface area contributed by atoms with Crippen molar-refractivity contribution in [2.45, 2.75) is 64.3 Å². The van der Waals surface area contributed by atoms with Crippen LogP contribution in [0.15, 0.2) is 24.5 Å². The lowest BCUT2D eigenvalue weighted by Gasteiger charge is -2.42. The number of nitrogens with one attached hydrogen (secondary N) is 2. The molecule has 1 aromatic rings. The van der Waals surface area contributed by atoms with Crippen LogP contribution in [-0.4, -0.2) is 42.8 Å². The normalized spacial score (nSPS) is 28.7. The summed E-state index contributed by atoms with van der Waals surface area (Å²) in [5, 5.41) is 6.74. The fourth-order valence-electron chi connectivity index (χ4n) is 5.91. The second kappa shape index (κ2) is 8.11. The Morgan fingerprint density at radius 2 is 2.12 bits per heavy atom. The fraction of sp³-hybridized carbons (Fsp3) is 0.625. The summed E-state index contributed by atoms with van der Waals surface area (Å²) in [7, 11) is 0. The van der Waals surface area contributed by atoms with Gasteiger partial charge in [-0.05, 0) is 49.0 Å². The topological polar surface area (TPSA) is 56.8 Å². The molecular formula is C24H31F3N4O2. The highest BCUT2D eigenvalue weighted by Gasteiger charge is 2.50. The average molecular weight is 465 g/mol. The third kappa shape index (κ3) is 3.94. The second-order valence-corrected chi connectivity index (χ2v) is 10.1. The molecule has 9 heteroatoms. The Balaban J connectivity index is 1.37. The molecule has 33 heavy (non-hydrogen) atoms. The molecule has 6 nitrogen and oxygen atoms in total. The van der Waals surface area contributed by atoms with Gasteiger partial charge in [0, 0.05) is 25.0 Å². The lowest BCUT2D eigenvalue weighted by atomic mass is 9.74. The van der Waals surface area contributed by atoms with Gasteiger partial charge in [0.05, 0.1) is 48.6 Å². The van der Waals surface area contributed by atoms with E-state index in [-0.39, 0.29) is 30.5 Å². The summed E-state index contributed by atoms with van der Waals surface area (Å²) in [5.41, 5.74) is 0.668. The van der Waals surface area contributed by atoms with Crippen molar-refractivity contribution in [2.24, 2.45) is 11.3 Å². The molecule has 0 bridgehead atoms. The highest BCUT2D eigenvalue weighted by molar-refractivity contribution is 5.87. The standard InChI is InChI=1S/C24H31F3N4O2/c1-15(2)23(6-3-19(11-23)29-18-4-7-33-8-5-18)22(32)30-12-16-9-17(24(25,26)27)10-20-21(16)31(14-30)13-28-20/h4,7,9-10,15,18-19,28-29H,3,5-6,8,11-14H2,1-2H3/t18?,19-,23+/m1/s1. The fourth-order valence-corrected chi connectivity index (χ4v) is 5.91. The van der Waals surface area contributed by atoms with Crippen LogP contribution < -0.4 is 15.5 Å². The van der Waals surface area contributed by atoms with E-state index in [4.69, 9.17) is 4.74 Å². The van der Waals surface area contributed by atoms with Gasteiger partial charge in [0.25, 0.3) is 0 Å². The first-order chi connectivity index (χ1) is 15.7. The third-order valence-electron chi connectivity index (χ3n) is 7.77. The number of benzene rings is 1. The highest BCUT2D eigenvalue weighted by atomic mass is 19.4. The summed E-state index contributed by atoms with van der Waals surface area (Å²) in [6.45, 7) is 5.87. The monoisotopic (exact) mass is 464 g/mol. The molecule has 1 aromatic carbocycles. The quantitative estimate of drug-likeness (QED) is 0.697. The maximum absolute atomic E-state index is 14.0. The van der Waals surface area contributed by atoms with E-state index >= 15 is 0 Å². The van der Waals surface area contributed by atoms with Crippen molar-refractivity contribution >= 4 is 17.3 Å². The third-order valence-corrected chi connectivity index (χ3v) is 7.77. The number of halogens is 3. The SMILES string of the molecule is CC(C)[C@]1(C(=O)N2Cc3cc(C(F)(F)F)cc4c3N(CN4)C2)CC[C@@H](NC2C=COCC2)C1. The maximum atomic E-state index is 14.0. The van der Waals surface area contributed by atoms with E-state index in [1.807, 2.05) is 11.0 Å². The number of carbonyl (C=O) groups is 1. The lowest BCUT2D eigenvalue weighted by molar-refractivity contribution is -0.145. The zero-order valence-electron chi connectivity index (χ0n) is 19.0. The zero-order chi connectivity index (χ0) is 23.4. The summed E-state index contributed by atoms with van der Waals surface area (Å²) in [5.74, 6) is 0.193. The van der Waals surface area contributed by atoms with Crippen molar-refractivity contribution in [2.75, 3.05) is 30.2 Å². The Labute approximate surface area is 192 Å². The molecule has 3 atom stereocenters. The van der Waals surface area contributed by atoms with Crippen LogP contribution in [0.4, 0.5) is 24.5 Å². The molecule has 0 spiro atoms. The molecule has 1 fully saturated rings. The van der Waals surface area contributed by atoms with E-state index < -0.39 is 17.2 Å². The van der Waals surface area contributed by atoms with Gasteiger partial charge in [-0.3, -0.25) is 4.79 Å². The number of hydrogen-bond donors (Lipinski definition) is 2. The molecule has 0 radical (unpaired) electrons. The van der Waals surface area contributed by atoms with Crippen molar-refractivity contribution in [3.8, 4) is 0 Å². The van der Waals surface area contributed by atoms with Crippen LogP contribution in [0.1, 0.15) is 50.7 Å². The second-order valence-electron chi connectivity index (χ2n) is 10.1. The van der Waals surface area contributed by atoms with Gasteiger partial charge in [-0.25, -0.2) is 0 Å². The number of ether oxygens (including phenoxy) is 1. The Kier molecular flexibility index (Phi) is 5.50. The predicted octanol–water partition coefficient (Wildman–Crippen LogP) is 4.28. The van der Waals surface area contributed by atoms with Gasteiger partial charge in [-0.1, -0.05) is 13.8 Å². The predicted molar refractivity (Wildman–Crippen MR) is 119 cm³/mol. The van der Waals surface area contributed by atoms with Gasteiger partial charge in [-0.2, -0.15) is 13.2 Å². The van der Waals surface area contributed by atoms with E-state index in [0.29, 0.717) is 31.2 Å². The van der Waals surface area contributed by atoms with Crippen molar-refractivity contribution in [1.82, 2.24) is 10.2 Å². The molecule has 4 aliphatic rings. The minimum atomic E-state index is -4.42. The summed E-state index contributed by atoms with van der Waals surface area (Å²) >= 11 is 0. The number of alkyl halides is 3. The Bertz CT molecular complexity index is 964. The van der Waals surface area contributed by atoms with E-state index in [9.17, 15) is 18.0 Å². The Morgan fingerprint density at radius 1 is 1.30 bits per heavy atom. The number of nitrogens with zero attached hydrogens (tertiary/aromatic N) is 2. The van der Waals surface area contributed by atoms with E-state index in [1.165, 1.54) is 12.1 Å². The molecule has 1 unspecified atom stereocenters. The van der Waals surface area contributed by atoms with Crippen molar-refractivity contribution < 1.29 is 22.7 Å². The Hall–Kier alpha value is -2.42. The number of carbonyl (C=O) groups excluding carboxylic acids is 1. The first-order valence-electron chi connectivity index (χ1n) is 11.7. The molecule has 2 N–H and O–H groups in total. The number of amides is 1. The van der Waals surface area contributed by atoms with Crippen LogP contribution >= 0.6 is 0 Å². The van der Waals surface area contributed by atoms with E-state index in [2.05, 4.69) is 24.5 Å². The van der Waals surface area contributed by atoms with Crippen LogP contribution in [0.3, 0.4) is 0 Å². The number of hydrogen-bond acceptors (Lipinski definition) is 5. The molecule has 180 valence electrons. The molecule has 1 amide bonds. The summed E-state index contributed by atoms with van der Waals surface area (Å²) in [6.07, 6.45) is 2.68. The lowest BCUT2D eigenvalue weighted by Crippen LogP contribution is -2.52. The minimum absolute atomic E-state index is 0.0563. The Morgan fingerprint density at radius 3 is 2.82 bits per heavy atom. The molecule has 1 saturated carbocycles. The van der Waals surface area contributed by atoms with Crippen LogP contribution in [-0.2, 0) is 22.3 Å². The average Bonchev–Trinajstić information content (AvgIpc) is 3.39. The molecule has 1 aliphatic carbocycles. The van der Waals surface area contributed by atoms with Gasteiger partial charge in [0.1, 0.15) is 0 Å². The van der Waals surface area contributed by atoms with Gasteiger partial charge < -0.3 is 25.2 Å². The maximum Gasteiger partial charge on any atom is 0.416 e. The number of rotatable bonds is 4. The zero-order valence-corrected chi connectivity index (χ0v) is 19.0. The minimum Gasteiger partial charge on any atom is -0.501 e. The molecule has 0 saturated heterocycles. The van der Waals surface area contributed by atoms with Crippen LogP contribution in [0.2, 0.25) is 0 Å². The number of anilines is 2. The molecule has 3 heterocycles. The van der Waals surface area contributed by atoms with E-state index in [0.717, 1.165) is 31.4 Å². The van der Waals surface area contributed by atoms with Gasteiger partial charge in [-0.15, -0.1) is 0 Å². The molecule has 0 aromatic heterocycles. The van der Waals surface area contributed by atoms with Crippen molar-refractivity contribution in [1.29, 1.82) is 0 Å². The van der Waals surface area contributed by atoms with Gasteiger partial charge in [0.2, 0.25) is 5.91 Å². The first kappa shape index (κ1) is 22.4. The summed E-state index contributed by atoms with van der Waals surface area (Å²) < 4.78 is 45.6. The molecular weight excluding hydrogens is 433 g/mol. The van der Waals surface area contributed by atoms with Crippen molar-refractivity contribution in [3.05, 3.63) is 35.6 Å². The van der Waals surface area contributed by atoms with Crippen LogP contribution in [0, 0.1) is 11.3 Å². The van der Waals surface area contributed by atoms with Gasteiger partial charge in [0.15, 0.2) is 0 Å². The molecule has 5 rings (SSSR count). The summed E-state index contributed by atoms with van der Waals surface area (Å²) in [6, 6.07) is 2.86. The van der Waals surface area contributed by atoms with Crippen molar-refractivity contribution in [3.63, 3.8) is 0 Å². The van der Waals surface area contributed by atoms with E-state index in [1.54, 1.807) is 11.2 Å². The van der Waals surface area contributed by atoms with Gasteiger partial charge >= 0.3 is 6.18 Å². The van der Waals surface area contributed by atoms with Crippen LogP contribution in [0.25, 0.3) is 0 Å². The summed E-state index contributed by atoms with van der Waals surface area (Å²) in [4.78, 5) is 17.7. The first-order valence-corrected chi connectivity index (χ1v) is 11.7. The highest BCUT2D eigenvalue weighted by Crippen LogP contribution is 2.48. The largest absolute Gasteiger partial charge is 0.501 e. The smallest absolute Gasteiger partial charge is 0.416 e.